The molecule has 150 valence electrons. The number of carboxylic acids is 1. The third-order valence-corrected chi connectivity index (χ3v) is 4.14. The van der Waals surface area contributed by atoms with Crippen molar-refractivity contribution in [3.63, 3.8) is 0 Å². The van der Waals surface area contributed by atoms with Crippen molar-refractivity contribution >= 4 is 23.8 Å². The number of hydrogen-bond acceptors (Lipinski definition) is 4. The molecule has 0 aliphatic rings. The highest BCUT2D eigenvalue weighted by molar-refractivity contribution is 5.86. The Morgan fingerprint density at radius 2 is 1.93 bits per heavy atom. The van der Waals surface area contributed by atoms with Crippen molar-refractivity contribution in [2.24, 2.45) is 21.6 Å². The smallest absolute Gasteiger partial charge is 0.303 e. The van der Waals surface area contributed by atoms with Crippen LogP contribution in [-0.4, -0.2) is 41.0 Å². The first-order valence-electron chi connectivity index (χ1n) is 9.25. The third-order valence-electron chi connectivity index (χ3n) is 4.14. The van der Waals surface area contributed by atoms with Crippen molar-refractivity contribution in [3.8, 4) is 0 Å². The summed E-state index contributed by atoms with van der Waals surface area (Å²) in [5.41, 5.74) is 7.04. The van der Waals surface area contributed by atoms with Crippen LogP contribution in [0.15, 0.2) is 65.1 Å². The lowest BCUT2D eigenvalue weighted by atomic mass is 10.00. The highest BCUT2D eigenvalue weighted by Crippen LogP contribution is 2.14. The number of carboxylic acid groups (broad SMARTS) is 1. The van der Waals surface area contributed by atoms with Crippen LogP contribution in [0.3, 0.4) is 0 Å². The van der Waals surface area contributed by atoms with Gasteiger partial charge in [-0.05, 0) is 31.2 Å². The van der Waals surface area contributed by atoms with E-state index in [0.717, 1.165) is 17.7 Å². The van der Waals surface area contributed by atoms with Crippen molar-refractivity contribution in [2.45, 2.75) is 45.2 Å². The fourth-order valence-corrected chi connectivity index (χ4v) is 2.60. The fraction of sp³-hybridized carbons (Fsp3) is 0.364. The minimum atomic E-state index is -0.800. The zero-order valence-corrected chi connectivity index (χ0v) is 16.5. The van der Waals surface area contributed by atoms with Crippen molar-refractivity contribution in [3.05, 3.63) is 60.7 Å². The van der Waals surface area contributed by atoms with Crippen LogP contribution < -0.4 is 5.73 Å². The topological polar surface area (TPSA) is 105 Å². The van der Waals surface area contributed by atoms with Gasteiger partial charge in [0, 0.05) is 24.4 Å². The van der Waals surface area contributed by atoms with Crippen molar-refractivity contribution in [2.75, 3.05) is 0 Å². The largest absolute Gasteiger partial charge is 0.481 e. The Balaban J connectivity index is 2.92. The lowest BCUT2D eigenvalue weighted by Gasteiger charge is -2.16. The number of carbonyl (C=O) groups excluding carboxylic acids is 1. The first-order chi connectivity index (χ1) is 13.3. The zero-order chi connectivity index (χ0) is 20.9. The Morgan fingerprint density at radius 1 is 1.25 bits per heavy atom. The van der Waals surface area contributed by atoms with Gasteiger partial charge < -0.3 is 10.8 Å². The summed E-state index contributed by atoms with van der Waals surface area (Å²) in [6.07, 6.45) is 7.86. The van der Waals surface area contributed by atoms with Gasteiger partial charge in [-0.15, -0.1) is 6.58 Å². The Labute approximate surface area is 166 Å². The molecule has 6 nitrogen and oxygen atoms in total. The Bertz CT molecular complexity index is 739. The quantitative estimate of drug-likeness (QED) is 0.328. The molecular weight excluding hydrogens is 354 g/mol. The second-order valence-electron chi connectivity index (χ2n) is 6.77. The lowest BCUT2D eigenvalue weighted by molar-refractivity contribution is -0.138. The van der Waals surface area contributed by atoms with E-state index in [2.05, 4.69) is 16.6 Å². The molecule has 1 amide bonds. The summed E-state index contributed by atoms with van der Waals surface area (Å²) in [5.74, 6) is -1.29. The molecule has 0 spiro atoms. The first-order valence-corrected chi connectivity index (χ1v) is 9.25. The Hall–Kier alpha value is -3.02. The van der Waals surface area contributed by atoms with Gasteiger partial charge in [-0.3, -0.25) is 19.6 Å². The van der Waals surface area contributed by atoms with E-state index in [4.69, 9.17) is 10.8 Å². The maximum absolute atomic E-state index is 11.2. The van der Waals surface area contributed by atoms with E-state index in [1.54, 1.807) is 18.4 Å². The molecule has 1 aromatic rings. The molecule has 0 saturated heterocycles. The van der Waals surface area contributed by atoms with Crippen LogP contribution in [0.5, 0.6) is 0 Å². The number of primary amides is 1. The first kappa shape index (κ1) is 23.0. The van der Waals surface area contributed by atoms with Crippen molar-refractivity contribution in [1.82, 2.24) is 0 Å². The molecule has 1 aromatic carbocycles. The fourth-order valence-electron chi connectivity index (χ4n) is 2.60. The molecule has 0 bridgehead atoms. The van der Waals surface area contributed by atoms with Gasteiger partial charge >= 0.3 is 5.97 Å². The molecule has 0 aliphatic heterocycles. The summed E-state index contributed by atoms with van der Waals surface area (Å²) in [5, 5.41) is 8.86. The van der Waals surface area contributed by atoms with E-state index in [0.29, 0.717) is 6.42 Å². The van der Waals surface area contributed by atoms with Crippen LogP contribution in [-0.2, 0) is 9.59 Å². The van der Waals surface area contributed by atoms with Gasteiger partial charge in [-0.1, -0.05) is 49.4 Å². The summed E-state index contributed by atoms with van der Waals surface area (Å²) in [6, 6.07) is 8.89. The Morgan fingerprint density at radius 3 is 2.50 bits per heavy atom. The third kappa shape index (κ3) is 9.62. The number of nitrogens with zero attached hydrogens (tertiary/aromatic N) is 2. The Kier molecular flexibility index (Phi) is 10.2. The number of benzene rings is 1. The summed E-state index contributed by atoms with van der Waals surface area (Å²) in [7, 11) is 0. The molecule has 28 heavy (non-hydrogen) atoms. The molecule has 0 aliphatic carbocycles. The second-order valence-corrected chi connectivity index (χ2v) is 6.77. The standard InChI is InChI=1S/C22H29N3O3/c1-4-19(24-15-18-8-6-5-7-9-18)20(12-13-21(23)26)25-17(3)11-10-16(2)14-22(27)28/h4-9,12-13,15-16,19-20H,1,10-11,14H2,2-3H3,(H2,23,26)(H,27,28)/b13-12+,24-15+,25-17+/t16-,19?,20?/m0/s1. The molecule has 6 heteroatoms. The maximum atomic E-state index is 11.2. The van der Waals surface area contributed by atoms with Gasteiger partial charge in [-0.25, -0.2) is 0 Å². The molecule has 2 unspecified atom stereocenters. The van der Waals surface area contributed by atoms with Crippen LogP contribution in [0.25, 0.3) is 0 Å². The normalized spacial score (nSPS) is 15.4. The highest BCUT2D eigenvalue weighted by Gasteiger charge is 2.15. The van der Waals surface area contributed by atoms with Crippen molar-refractivity contribution < 1.29 is 14.7 Å². The van der Waals surface area contributed by atoms with Crippen molar-refractivity contribution in [1.29, 1.82) is 0 Å². The molecule has 0 aromatic heterocycles. The SMILES string of the molecule is C=CC(/N=C/c1ccccc1)C(/C=C/C(N)=O)/N=C(\C)CC[C@H](C)CC(=O)O. The maximum Gasteiger partial charge on any atom is 0.303 e. The van der Waals surface area contributed by atoms with Crippen LogP contribution in [0.1, 0.15) is 38.7 Å². The molecule has 0 saturated carbocycles. The second kappa shape index (κ2) is 12.4. The number of hydrogen-bond donors (Lipinski definition) is 2. The van der Waals surface area contributed by atoms with Crippen LogP contribution in [0, 0.1) is 5.92 Å². The molecule has 3 atom stereocenters. The predicted octanol–water partition coefficient (Wildman–Crippen LogP) is 3.42. The van der Waals surface area contributed by atoms with Crippen LogP contribution in [0.4, 0.5) is 0 Å². The van der Waals surface area contributed by atoms with E-state index in [1.165, 1.54) is 6.08 Å². The molecule has 0 radical (unpaired) electrons. The summed E-state index contributed by atoms with van der Waals surface area (Å²) in [4.78, 5) is 31.2. The highest BCUT2D eigenvalue weighted by atomic mass is 16.4. The summed E-state index contributed by atoms with van der Waals surface area (Å²) < 4.78 is 0. The lowest BCUT2D eigenvalue weighted by Crippen LogP contribution is -2.21. The predicted molar refractivity (Wildman–Crippen MR) is 114 cm³/mol. The zero-order valence-electron chi connectivity index (χ0n) is 16.5. The average Bonchev–Trinajstić information content (AvgIpc) is 2.64. The van der Waals surface area contributed by atoms with E-state index in [9.17, 15) is 9.59 Å². The number of carbonyl (C=O) groups is 2. The minimum Gasteiger partial charge on any atom is -0.481 e. The molecule has 0 heterocycles. The molecular formula is C22H29N3O3. The molecule has 3 N–H and O–H groups in total. The van der Waals surface area contributed by atoms with E-state index in [1.807, 2.05) is 44.2 Å². The number of aliphatic carboxylic acids is 1. The summed E-state index contributed by atoms with van der Waals surface area (Å²) >= 11 is 0. The van der Waals surface area contributed by atoms with Gasteiger partial charge in [-0.2, -0.15) is 0 Å². The van der Waals surface area contributed by atoms with Gasteiger partial charge in [0.2, 0.25) is 5.91 Å². The molecule has 1 rings (SSSR count). The van der Waals surface area contributed by atoms with E-state index in [-0.39, 0.29) is 18.4 Å². The number of nitrogens with two attached hydrogens (primary N) is 1. The van der Waals surface area contributed by atoms with Crippen LogP contribution in [0.2, 0.25) is 0 Å². The van der Waals surface area contributed by atoms with E-state index < -0.39 is 17.9 Å². The number of aliphatic imine (C=N–C) groups is 2. The van der Waals surface area contributed by atoms with E-state index >= 15 is 0 Å². The van der Waals surface area contributed by atoms with Gasteiger partial charge in [0.1, 0.15) is 0 Å². The summed E-state index contributed by atoms with van der Waals surface area (Å²) in [6.45, 7) is 7.63. The average molecular weight is 383 g/mol. The van der Waals surface area contributed by atoms with Crippen LogP contribution >= 0.6 is 0 Å². The minimum absolute atomic E-state index is 0.0635. The number of rotatable bonds is 12. The number of amides is 1. The molecule has 0 fully saturated rings. The monoisotopic (exact) mass is 383 g/mol. The van der Waals surface area contributed by atoms with Gasteiger partial charge in [0.25, 0.3) is 0 Å². The van der Waals surface area contributed by atoms with Gasteiger partial charge in [0.15, 0.2) is 0 Å². The van der Waals surface area contributed by atoms with Gasteiger partial charge in [0.05, 0.1) is 12.1 Å².